The molecule has 58 heavy (non-hydrogen) atoms. The Kier molecular flexibility index (Phi) is 7.16. The highest BCUT2D eigenvalue weighted by Gasteiger charge is 2.20. The number of hydrogen-bond acceptors (Lipinski definition) is 4. The molecule has 0 aliphatic carbocycles. The SMILES string of the molecule is c1ccc(-c2nc(-c3ccc4c(c3)oc3c(-c5ccccc5)cc(-n5c6ccccc6c6ccccc65)cc34)nc(-c3ccc4ccc5ccccc5c4c3)n2)cc1. The first kappa shape index (κ1) is 32.4. The van der Waals surface area contributed by atoms with Crippen molar-refractivity contribution in [2.24, 2.45) is 0 Å². The van der Waals surface area contributed by atoms with E-state index in [4.69, 9.17) is 19.4 Å². The highest BCUT2D eigenvalue weighted by atomic mass is 16.3. The molecule has 0 unspecified atom stereocenters. The van der Waals surface area contributed by atoms with Crippen molar-refractivity contribution < 1.29 is 4.42 Å². The molecule has 0 spiro atoms. The van der Waals surface area contributed by atoms with Crippen molar-refractivity contribution in [1.82, 2.24) is 19.5 Å². The molecule has 12 rings (SSSR count). The summed E-state index contributed by atoms with van der Waals surface area (Å²) < 4.78 is 9.26. The Balaban J connectivity index is 1.06. The first-order valence-electron chi connectivity index (χ1n) is 19.5. The lowest BCUT2D eigenvalue weighted by Crippen LogP contribution is -2.00. The molecule has 0 saturated heterocycles. The summed E-state index contributed by atoms with van der Waals surface area (Å²) >= 11 is 0. The molecule has 3 aromatic heterocycles. The van der Waals surface area contributed by atoms with Crippen LogP contribution in [0.4, 0.5) is 0 Å². The second-order valence-electron chi connectivity index (χ2n) is 14.8. The van der Waals surface area contributed by atoms with E-state index in [0.29, 0.717) is 17.5 Å². The summed E-state index contributed by atoms with van der Waals surface area (Å²) in [5.41, 5.74) is 9.84. The van der Waals surface area contributed by atoms with Gasteiger partial charge in [-0.05, 0) is 69.6 Å². The van der Waals surface area contributed by atoms with Crippen molar-refractivity contribution in [3.05, 3.63) is 194 Å². The number of furan rings is 1. The lowest BCUT2D eigenvalue weighted by molar-refractivity contribution is 0.670. The number of aromatic nitrogens is 4. The van der Waals surface area contributed by atoms with E-state index in [0.717, 1.165) is 71.9 Å². The third-order valence-electron chi connectivity index (χ3n) is 11.4. The monoisotopic (exact) mass is 740 g/mol. The van der Waals surface area contributed by atoms with Crippen LogP contribution in [-0.2, 0) is 0 Å². The van der Waals surface area contributed by atoms with Gasteiger partial charge in [-0.2, -0.15) is 0 Å². The average Bonchev–Trinajstić information content (AvgIpc) is 3.84. The van der Waals surface area contributed by atoms with Crippen LogP contribution in [0.5, 0.6) is 0 Å². The van der Waals surface area contributed by atoms with Gasteiger partial charge in [0.25, 0.3) is 0 Å². The maximum absolute atomic E-state index is 6.89. The topological polar surface area (TPSA) is 56.7 Å². The molecule has 0 N–H and O–H groups in total. The van der Waals surface area contributed by atoms with Gasteiger partial charge in [0, 0.05) is 49.5 Å². The Morgan fingerprint density at radius 2 is 0.879 bits per heavy atom. The van der Waals surface area contributed by atoms with Crippen LogP contribution in [-0.4, -0.2) is 19.5 Å². The summed E-state index contributed by atoms with van der Waals surface area (Å²) in [6.45, 7) is 0. The number of rotatable bonds is 5. The minimum absolute atomic E-state index is 0.582. The Hall–Kier alpha value is -7.89. The van der Waals surface area contributed by atoms with Gasteiger partial charge in [-0.25, -0.2) is 15.0 Å². The van der Waals surface area contributed by atoms with Crippen molar-refractivity contribution in [3.63, 3.8) is 0 Å². The van der Waals surface area contributed by atoms with Gasteiger partial charge in [-0.15, -0.1) is 0 Å². The second-order valence-corrected chi connectivity index (χ2v) is 14.8. The Bertz CT molecular complexity index is 3510. The number of nitrogens with zero attached hydrogens (tertiary/aromatic N) is 4. The molecule has 3 heterocycles. The van der Waals surface area contributed by atoms with Gasteiger partial charge < -0.3 is 8.98 Å². The number of para-hydroxylation sites is 2. The van der Waals surface area contributed by atoms with Crippen LogP contribution in [0, 0.1) is 0 Å². The summed E-state index contributed by atoms with van der Waals surface area (Å²) in [6, 6.07) is 68.0. The molecule has 5 heteroatoms. The van der Waals surface area contributed by atoms with Gasteiger partial charge in [0.1, 0.15) is 11.2 Å². The van der Waals surface area contributed by atoms with Crippen molar-refractivity contribution in [1.29, 1.82) is 0 Å². The maximum Gasteiger partial charge on any atom is 0.164 e. The molecule has 0 amide bonds. The minimum Gasteiger partial charge on any atom is -0.455 e. The average molecular weight is 741 g/mol. The van der Waals surface area contributed by atoms with Crippen molar-refractivity contribution in [3.8, 4) is 51.0 Å². The van der Waals surface area contributed by atoms with E-state index in [9.17, 15) is 0 Å². The van der Waals surface area contributed by atoms with Gasteiger partial charge in [0.05, 0.1) is 11.0 Å². The highest BCUT2D eigenvalue weighted by molar-refractivity contribution is 6.13. The van der Waals surface area contributed by atoms with Crippen LogP contribution in [0.3, 0.4) is 0 Å². The van der Waals surface area contributed by atoms with Gasteiger partial charge in [0.15, 0.2) is 17.5 Å². The molecule has 0 bridgehead atoms. The summed E-state index contributed by atoms with van der Waals surface area (Å²) in [6.07, 6.45) is 0. The Morgan fingerprint density at radius 3 is 1.59 bits per heavy atom. The zero-order valence-corrected chi connectivity index (χ0v) is 31.2. The van der Waals surface area contributed by atoms with E-state index in [2.05, 4.69) is 168 Å². The lowest BCUT2D eigenvalue weighted by Gasteiger charge is -2.11. The summed E-state index contributed by atoms with van der Waals surface area (Å²) in [5.74, 6) is 1.81. The molecular weight excluding hydrogens is 709 g/mol. The van der Waals surface area contributed by atoms with E-state index in [1.807, 2.05) is 30.3 Å². The molecule has 0 atom stereocenters. The Morgan fingerprint density at radius 1 is 0.345 bits per heavy atom. The molecule has 9 aromatic carbocycles. The largest absolute Gasteiger partial charge is 0.455 e. The minimum atomic E-state index is 0.582. The van der Waals surface area contributed by atoms with E-state index < -0.39 is 0 Å². The quantitative estimate of drug-likeness (QED) is 0.165. The van der Waals surface area contributed by atoms with Crippen molar-refractivity contribution >= 4 is 65.3 Å². The second kappa shape index (κ2) is 12.8. The summed E-state index contributed by atoms with van der Waals surface area (Å²) in [7, 11) is 0. The molecule has 12 aromatic rings. The number of benzene rings is 9. The van der Waals surface area contributed by atoms with Gasteiger partial charge >= 0.3 is 0 Å². The molecule has 0 aliphatic rings. The first-order valence-corrected chi connectivity index (χ1v) is 19.5. The van der Waals surface area contributed by atoms with Gasteiger partial charge in [-0.1, -0.05) is 152 Å². The smallest absolute Gasteiger partial charge is 0.164 e. The van der Waals surface area contributed by atoms with Crippen LogP contribution < -0.4 is 0 Å². The predicted octanol–water partition coefficient (Wildman–Crippen LogP) is 13.8. The fourth-order valence-electron chi connectivity index (χ4n) is 8.66. The first-order chi connectivity index (χ1) is 28.7. The number of fused-ring (bicyclic) bond motifs is 9. The Labute approximate surface area is 333 Å². The number of hydrogen-bond donors (Lipinski definition) is 0. The molecule has 5 nitrogen and oxygen atoms in total. The van der Waals surface area contributed by atoms with Crippen LogP contribution in [0.15, 0.2) is 199 Å². The lowest BCUT2D eigenvalue weighted by atomic mass is 10.00. The third-order valence-corrected chi connectivity index (χ3v) is 11.4. The van der Waals surface area contributed by atoms with Crippen LogP contribution in [0.25, 0.3) is 116 Å². The van der Waals surface area contributed by atoms with Gasteiger partial charge in [0.2, 0.25) is 0 Å². The maximum atomic E-state index is 6.89. The molecule has 0 aliphatic heterocycles. The molecule has 0 fully saturated rings. The fourth-order valence-corrected chi connectivity index (χ4v) is 8.66. The normalized spacial score (nSPS) is 11.8. The zero-order chi connectivity index (χ0) is 38.2. The van der Waals surface area contributed by atoms with E-state index in [1.54, 1.807) is 0 Å². The van der Waals surface area contributed by atoms with Crippen LogP contribution in [0.2, 0.25) is 0 Å². The van der Waals surface area contributed by atoms with E-state index >= 15 is 0 Å². The third kappa shape index (κ3) is 5.14. The van der Waals surface area contributed by atoms with Crippen LogP contribution >= 0.6 is 0 Å². The van der Waals surface area contributed by atoms with E-state index in [1.165, 1.54) is 26.9 Å². The van der Waals surface area contributed by atoms with Crippen molar-refractivity contribution in [2.45, 2.75) is 0 Å². The molecule has 270 valence electrons. The van der Waals surface area contributed by atoms with E-state index in [-0.39, 0.29) is 0 Å². The standard InChI is InChI=1S/C53H32N4O/c1-3-13-33(14-4-1)45-31-39(57-47-21-11-9-19-41(47)42-20-10-12-22-48(42)57)32-46-43-28-27-38(30-49(43)58-50(45)46)53-55-51(36-16-5-2-6-17-36)54-52(56-53)37-26-25-35-24-23-34-15-7-8-18-40(34)44(35)29-37/h1-32H. The van der Waals surface area contributed by atoms with Crippen LogP contribution in [0.1, 0.15) is 0 Å². The van der Waals surface area contributed by atoms with Gasteiger partial charge in [-0.3, -0.25) is 0 Å². The predicted molar refractivity (Wildman–Crippen MR) is 238 cm³/mol. The molecular formula is C53H32N4O. The molecule has 0 saturated carbocycles. The summed E-state index contributed by atoms with van der Waals surface area (Å²) in [5, 5.41) is 9.26. The summed E-state index contributed by atoms with van der Waals surface area (Å²) in [4.78, 5) is 15.3. The van der Waals surface area contributed by atoms with Crippen molar-refractivity contribution in [2.75, 3.05) is 0 Å². The highest BCUT2D eigenvalue weighted by Crippen LogP contribution is 2.41. The molecule has 0 radical (unpaired) electrons. The fraction of sp³-hybridized carbons (Fsp3) is 0. The zero-order valence-electron chi connectivity index (χ0n) is 31.2.